The number of nitrogens with one attached hydrogen (secondary N) is 2. The first-order valence-corrected chi connectivity index (χ1v) is 7.37. The highest BCUT2D eigenvalue weighted by atomic mass is 32.1. The maximum atomic E-state index is 11.7. The number of nitrogens with two attached hydrogens (primary N) is 1. The molecule has 7 nitrogen and oxygen atoms in total. The highest BCUT2D eigenvalue weighted by molar-refractivity contribution is 7.11. The molecule has 0 aliphatic rings. The third-order valence-corrected chi connectivity index (χ3v) is 4.00. The summed E-state index contributed by atoms with van der Waals surface area (Å²) in [5, 5.41) is 13.9. The van der Waals surface area contributed by atoms with Gasteiger partial charge >= 0.3 is 12.0 Å². The van der Waals surface area contributed by atoms with Crippen LogP contribution in [0.2, 0.25) is 0 Å². The van der Waals surface area contributed by atoms with Crippen LogP contribution in [-0.2, 0) is 22.6 Å². The Morgan fingerprint density at radius 2 is 2.00 bits per heavy atom. The summed E-state index contributed by atoms with van der Waals surface area (Å²) in [5.41, 5.74) is 4.96. The molecule has 116 valence electrons. The van der Waals surface area contributed by atoms with Crippen LogP contribution in [0, 0.1) is 0 Å². The molecule has 1 aromatic rings. The molecule has 0 radical (unpaired) electrons. The molecule has 0 saturated carbocycles. The molecule has 1 atom stereocenters. The van der Waals surface area contributed by atoms with Crippen molar-refractivity contribution in [2.24, 2.45) is 5.73 Å². The zero-order chi connectivity index (χ0) is 15.8. The fourth-order valence-electron chi connectivity index (χ4n) is 1.63. The first kappa shape index (κ1) is 17.0. The molecule has 21 heavy (non-hydrogen) atoms. The monoisotopic (exact) mass is 313 g/mol. The number of carboxylic acid groups (broad SMARTS) is 1. The molecule has 1 rings (SSSR count). The molecule has 0 fully saturated rings. The van der Waals surface area contributed by atoms with Crippen molar-refractivity contribution in [1.82, 2.24) is 10.6 Å². The van der Waals surface area contributed by atoms with Crippen LogP contribution in [0.25, 0.3) is 0 Å². The van der Waals surface area contributed by atoms with Crippen LogP contribution >= 0.6 is 11.3 Å². The van der Waals surface area contributed by atoms with Gasteiger partial charge in [-0.05, 0) is 25.0 Å². The lowest BCUT2D eigenvalue weighted by Gasteiger charge is -2.14. The lowest BCUT2D eigenvalue weighted by Crippen LogP contribution is -2.46. The van der Waals surface area contributed by atoms with Gasteiger partial charge in [0.25, 0.3) is 0 Å². The Bertz CT molecular complexity index is 515. The third kappa shape index (κ3) is 6.26. The summed E-state index contributed by atoms with van der Waals surface area (Å²) in [6, 6.07) is 2.20. The lowest BCUT2D eigenvalue weighted by atomic mass is 10.1. The highest BCUT2D eigenvalue weighted by Gasteiger charge is 2.20. The summed E-state index contributed by atoms with van der Waals surface area (Å²) in [7, 11) is 0. The summed E-state index contributed by atoms with van der Waals surface area (Å²) in [6.07, 6.45) is 0.810. The molecule has 0 aliphatic heterocycles. The minimum atomic E-state index is -1.20. The van der Waals surface area contributed by atoms with E-state index in [0.717, 1.165) is 11.3 Å². The summed E-state index contributed by atoms with van der Waals surface area (Å²) in [5.74, 6) is -1.80. The second kappa shape index (κ2) is 8.25. The number of aryl methyl sites for hydroxylation is 1. The van der Waals surface area contributed by atoms with Gasteiger partial charge in [0.15, 0.2) is 0 Å². The van der Waals surface area contributed by atoms with Gasteiger partial charge in [0.1, 0.15) is 6.04 Å². The zero-order valence-corrected chi connectivity index (χ0v) is 12.5. The van der Waals surface area contributed by atoms with E-state index < -0.39 is 23.9 Å². The average molecular weight is 313 g/mol. The van der Waals surface area contributed by atoms with Crippen molar-refractivity contribution in [3.05, 3.63) is 21.9 Å². The first-order chi connectivity index (χ1) is 9.92. The molecule has 0 unspecified atom stereocenters. The van der Waals surface area contributed by atoms with E-state index in [4.69, 9.17) is 10.8 Å². The maximum Gasteiger partial charge on any atom is 0.326 e. The number of carbonyl (C=O) groups is 3. The molecular formula is C13H19N3O4S. The van der Waals surface area contributed by atoms with Gasteiger partial charge in [-0.3, -0.25) is 4.79 Å². The summed E-state index contributed by atoms with van der Waals surface area (Å²) in [6.45, 7) is 2.38. The van der Waals surface area contributed by atoms with Gasteiger partial charge in [-0.15, -0.1) is 11.3 Å². The number of carboxylic acids is 1. The third-order valence-electron chi connectivity index (χ3n) is 2.77. The average Bonchev–Trinajstić information content (AvgIpc) is 2.88. The molecule has 0 saturated heterocycles. The van der Waals surface area contributed by atoms with Crippen molar-refractivity contribution in [1.29, 1.82) is 0 Å². The number of hydrogen-bond acceptors (Lipinski definition) is 4. The van der Waals surface area contributed by atoms with Crippen molar-refractivity contribution in [3.8, 4) is 0 Å². The number of aliphatic carboxylic acids is 1. The number of hydrogen-bond donors (Lipinski definition) is 4. The zero-order valence-electron chi connectivity index (χ0n) is 11.7. The Hall–Kier alpha value is -2.09. The molecule has 5 N–H and O–H groups in total. The number of rotatable bonds is 8. The minimum Gasteiger partial charge on any atom is -0.480 e. The first-order valence-electron chi connectivity index (χ1n) is 6.55. The summed E-state index contributed by atoms with van der Waals surface area (Å²) >= 11 is 1.59. The highest BCUT2D eigenvalue weighted by Crippen LogP contribution is 2.16. The fourth-order valence-corrected chi connectivity index (χ4v) is 2.53. The largest absolute Gasteiger partial charge is 0.480 e. The number of primary amides is 1. The van der Waals surface area contributed by atoms with Crippen molar-refractivity contribution in [2.75, 3.05) is 0 Å². The lowest BCUT2D eigenvalue weighted by molar-refractivity contribution is -0.139. The van der Waals surface area contributed by atoms with E-state index in [2.05, 4.69) is 10.6 Å². The van der Waals surface area contributed by atoms with Crippen molar-refractivity contribution in [2.45, 2.75) is 38.8 Å². The Morgan fingerprint density at radius 3 is 2.52 bits per heavy atom. The molecule has 8 heteroatoms. The van der Waals surface area contributed by atoms with Gasteiger partial charge in [-0.1, -0.05) is 6.92 Å². The summed E-state index contributed by atoms with van der Waals surface area (Å²) < 4.78 is 0. The van der Waals surface area contributed by atoms with E-state index in [-0.39, 0.29) is 12.8 Å². The maximum absolute atomic E-state index is 11.7. The molecule has 0 aromatic carbocycles. The fraction of sp³-hybridized carbons (Fsp3) is 0.462. The predicted molar refractivity (Wildman–Crippen MR) is 78.9 cm³/mol. The van der Waals surface area contributed by atoms with Crippen LogP contribution in [0.4, 0.5) is 4.79 Å². The molecule has 0 spiro atoms. The Balaban J connectivity index is 2.42. The van der Waals surface area contributed by atoms with E-state index in [9.17, 15) is 14.4 Å². The summed E-state index contributed by atoms with van der Waals surface area (Å²) in [4.78, 5) is 35.5. The van der Waals surface area contributed by atoms with Gasteiger partial charge in [0.05, 0.1) is 6.54 Å². The Kier molecular flexibility index (Phi) is 6.67. The Morgan fingerprint density at radius 1 is 1.33 bits per heavy atom. The molecule has 3 amide bonds. The molecule has 0 bridgehead atoms. The van der Waals surface area contributed by atoms with Crippen LogP contribution in [0.15, 0.2) is 12.1 Å². The van der Waals surface area contributed by atoms with Gasteiger partial charge in [-0.2, -0.15) is 0 Å². The van der Waals surface area contributed by atoms with Gasteiger partial charge in [-0.25, -0.2) is 9.59 Å². The minimum absolute atomic E-state index is 0.0307. The van der Waals surface area contributed by atoms with Crippen LogP contribution < -0.4 is 16.4 Å². The topological polar surface area (TPSA) is 122 Å². The van der Waals surface area contributed by atoms with Crippen molar-refractivity contribution in [3.63, 3.8) is 0 Å². The smallest absolute Gasteiger partial charge is 0.326 e. The van der Waals surface area contributed by atoms with E-state index in [0.29, 0.717) is 6.54 Å². The molecular weight excluding hydrogens is 294 g/mol. The molecule has 1 heterocycles. The van der Waals surface area contributed by atoms with Crippen LogP contribution in [0.1, 0.15) is 29.5 Å². The molecule has 1 aromatic heterocycles. The normalized spacial score (nSPS) is 11.7. The van der Waals surface area contributed by atoms with Gasteiger partial charge in [0, 0.05) is 16.2 Å². The quantitative estimate of drug-likeness (QED) is 0.568. The van der Waals surface area contributed by atoms with Crippen molar-refractivity contribution >= 4 is 29.2 Å². The van der Waals surface area contributed by atoms with Crippen LogP contribution in [-0.4, -0.2) is 29.1 Å². The Labute approximate surface area is 126 Å². The number of urea groups is 1. The number of amides is 3. The van der Waals surface area contributed by atoms with Crippen LogP contribution in [0.3, 0.4) is 0 Å². The second-order valence-corrected chi connectivity index (χ2v) is 5.70. The number of carbonyl (C=O) groups excluding carboxylic acids is 2. The predicted octanol–water partition coefficient (Wildman–Crippen LogP) is 0.828. The standard InChI is InChI=1S/C13H19N3O4S/c1-2-8-3-4-9(21-8)7-15-13(20)16-10(12(18)19)5-6-11(14)17/h3-4,10H,2,5-7H2,1H3,(H2,14,17)(H,18,19)(H2,15,16,20)/t10-/m0/s1. The van der Waals surface area contributed by atoms with Gasteiger partial charge < -0.3 is 21.5 Å². The van der Waals surface area contributed by atoms with E-state index in [1.165, 1.54) is 4.88 Å². The van der Waals surface area contributed by atoms with E-state index in [1.807, 2.05) is 19.1 Å². The van der Waals surface area contributed by atoms with Crippen molar-refractivity contribution < 1.29 is 19.5 Å². The van der Waals surface area contributed by atoms with E-state index in [1.54, 1.807) is 11.3 Å². The van der Waals surface area contributed by atoms with Gasteiger partial charge in [0.2, 0.25) is 5.91 Å². The molecule has 0 aliphatic carbocycles. The van der Waals surface area contributed by atoms with E-state index >= 15 is 0 Å². The SMILES string of the molecule is CCc1ccc(CNC(=O)N[C@@H](CCC(N)=O)C(=O)O)s1. The second-order valence-electron chi connectivity index (χ2n) is 4.44. The number of thiophene rings is 1. The van der Waals surface area contributed by atoms with Crippen LogP contribution in [0.5, 0.6) is 0 Å².